The van der Waals surface area contributed by atoms with Crippen molar-refractivity contribution in [2.75, 3.05) is 41.3 Å². The van der Waals surface area contributed by atoms with Crippen molar-refractivity contribution in [2.45, 2.75) is 33.6 Å². The number of anilines is 3. The Morgan fingerprint density at radius 2 is 1.70 bits per heavy atom. The SMILES string of the molecule is Cc1ccc(N2CCN(c3cccc4nc(NC(=O)C5CC5)nn34)CC2)c(C)c1C. The summed E-state index contributed by atoms with van der Waals surface area (Å²) in [6.07, 6.45) is 1.93. The summed E-state index contributed by atoms with van der Waals surface area (Å²) in [5.41, 5.74) is 6.19. The second-order valence-electron chi connectivity index (χ2n) is 8.48. The lowest BCUT2D eigenvalue weighted by atomic mass is 10.0. The number of piperazine rings is 1. The van der Waals surface area contributed by atoms with E-state index in [0.29, 0.717) is 5.95 Å². The molecule has 1 amide bonds. The summed E-state index contributed by atoms with van der Waals surface area (Å²) in [5, 5.41) is 7.43. The summed E-state index contributed by atoms with van der Waals surface area (Å²) in [6, 6.07) is 10.5. The quantitative estimate of drug-likeness (QED) is 0.723. The van der Waals surface area contributed by atoms with Gasteiger partial charge in [-0.25, -0.2) is 0 Å². The maximum atomic E-state index is 12.1. The van der Waals surface area contributed by atoms with Crippen molar-refractivity contribution in [3.05, 3.63) is 47.0 Å². The Morgan fingerprint density at radius 1 is 0.967 bits per heavy atom. The van der Waals surface area contributed by atoms with Gasteiger partial charge in [0, 0.05) is 37.8 Å². The van der Waals surface area contributed by atoms with Crippen LogP contribution in [0.5, 0.6) is 0 Å². The average molecular weight is 405 g/mol. The molecule has 3 heterocycles. The number of aryl methyl sites for hydroxylation is 1. The average Bonchev–Trinajstić information content (AvgIpc) is 3.52. The molecule has 30 heavy (non-hydrogen) atoms. The lowest BCUT2D eigenvalue weighted by Crippen LogP contribution is -2.47. The molecule has 1 aromatic carbocycles. The first kappa shape index (κ1) is 18.9. The van der Waals surface area contributed by atoms with Crippen molar-refractivity contribution in [1.82, 2.24) is 14.6 Å². The molecule has 0 radical (unpaired) electrons. The first-order valence-corrected chi connectivity index (χ1v) is 10.7. The monoisotopic (exact) mass is 404 g/mol. The number of benzene rings is 1. The van der Waals surface area contributed by atoms with E-state index in [-0.39, 0.29) is 11.8 Å². The number of pyridine rings is 1. The Hall–Kier alpha value is -3.09. The number of nitrogens with zero attached hydrogens (tertiary/aromatic N) is 5. The molecule has 3 aromatic rings. The lowest BCUT2D eigenvalue weighted by Gasteiger charge is -2.38. The van der Waals surface area contributed by atoms with E-state index in [1.807, 2.05) is 16.6 Å². The van der Waals surface area contributed by atoms with Gasteiger partial charge >= 0.3 is 0 Å². The van der Waals surface area contributed by atoms with Crippen LogP contribution in [0.25, 0.3) is 5.65 Å². The largest absolute Gasteiger partial charge is 0.368 e. The van der Waals surface area contributed by atoms with Crippen LogP contribution in [-0.2, 0) is 4.79 Å². The number of hydrogen-bond donors (Lipinski definition) is 1. The summed E-state index contributed by atoms with van der Waals surface area (Å²) in [6.45, 7) is 10.3. The minimum absolute atomic E-state index is 0.0323. The highest BCUT2D eigenvalue weighted by Crippen LogP contribution is 2.30. The van der Waals surface area contributed by atoms with Gasteiger partial charge < -0.3 is 9.80 Å². The first-order valence-electron chi connectivity index (χ1n) is 10.7. The van der Waals surface area contributed by atoms with Crippen molar-refractivity contribution in [2.24, 2.45) is 5.92 Å². The minimum Gasteiger partial charge on any atom is -0.368 e. The molecule has 7 heteroatoms. The molecular weight excluding hydrogens is 376 g/mol. The molecule has 1 N–H and O–H groups in total. The van der Waals surface area contributed by atoms with Crippen molar-refractivity contribution in [3.63, 3.8) is 0 Å². The van der Waals surface area contributed by atoms with Gasteiger partial charge in [0.2, 0.25) is 11.9 Å². The standard InChI is InChI=1S/C23H28N6O/c1-15-7-10-19(17(3)16(15)2)27-11-13-28(14-12-27)21-6-4-5-20-24-23(26-29(20)21)25-22(30)18-8-9-18/h4-7,10,18H,8-9,11-14H2,1-3H3,(H,25,26,30). The van der Waals surface area contributed by atoms with E-state index in [1.54, 1.807) is 0 Å². The Kier molecular flexibility index (Phi) is 4.60. The predicted molar refractivity (Wildman–Crippen MR) is 119 cm³/mol. The number of hydrogen-bond acceptors (Lipinski definition) is 5. The molecule has 1 aliphatic heterocycles. The first-order chi connectivity index (χ1) is 14.5. The number of amides is 1. The Balaban J connectivity index is 1.34. The third-order valence-corrected chi connectivity index (χ3v) is 6.50. The predicted octanol–water partition coefficient (Wildman–Crippen LogP) is 3.33. The van der Waals surface area contributed by atoms with Crippen LogP contribution in [-0.4, -0.2) is 46.7 Å². The van der Waals surface area contributed by atoms with Crippen LogP contribution in [0.15, 0.2) is 30.3 Å². The van der Waals surface area contributed by atoms with Gasteiger partial charge in [0.1, 0.15) is 5.82 Å². The van der Waals surface area contributed by atoms with E-state index in [1.165, 1.54) is 22.4 Å². The molecule has 2 aliphatic rings. The molecule has 7 nitrogen and oxygen atoms in total. The fourth-order valence-corrected chi connectivity index (χ4v) is 4.20. The van der Waals surface area contributed by atoms with Gasteiger partial charge in [0.05, 0.1) is 0 Å². The number of carbonyl (C=O) groups is 1. The van der Waals surface area contributed by atoms with Crippen LogP contribution in [0.2, 0.25) is 0 Å². The second-order valence-corrected chi connectivity index (χ2v) is 8.48. The second kappa shape index (κ2) is 7.31. The summed E-state index contributed by atoms with van der Waals surface area (Å²) in [4.78, 5) is 21.4. The van der Waals surface area contributed by atoms with Crippen molar-refractivity contribution in [3.8, 4) is 0 Å². The molecule has 2 aromatic heterocycles. The topological polar surface area (TPSA) is 65.8 Å². The van der Waals surface area contributed by atoms with E-state index >= 15 is 0 Å². The van der Waals surface area contributed by atoms with Gasteiger partial charge in [-0.1, -0.05) is 12.1 Å². The molecule has 1 aliphatic carbocycles. The molecule has 1 saturated heterocycles. The smallest absolute Gasteiger partial charge is 0.249 e. The highest BCUT2D eigenvalue weighted by molar-refractivity contribution is 5.92. The van der Waals surface area contributed by atoms with Crippen molar-refractivity contribution >= 4 is 29.0 Å². The van der Waals surface area contributed by atoms with Crippen LogP contribution in [0.3, 0.4) is 0 Å². The molecule has 2 fully saturated rings. The highest BCUT2D eigenvalue weighted by Gasteiger charge is 2.30. The fraction of sp³-hybridized carbons (Fsp3) is 0.435. The lowest BCUT2D eigenvalue weighted by molar-refractivity contribution is -0.117. The number of fused-ring (bicyclic) bond motifs is 1. The maximum Gasteiger partial charge on any atom is 0.249 e. The summed E-state index contributed by atoms with van der Waals surface area (Å²) >= 11 is 0. The molecule has 0 unspecified atom stereocenters. The van der Waals surface area contributed by atoms with Crippen LogP contribution < -0.4 is 15.1 Å². The molecular formula is C23H28N6O. The molecule has 5 rings (SSSR count). The van der Waals surface area contributed by atoms with Gasteiger partial charge in [-0.3, -0.25) is 10.1 Å². The highest BCUT2D eigenvalue weighted by atomic mass is 16.2. The number of rotatable bonds is 4. The van der Waals surface area contributed by atoms with Crippen LogP contribution >= 0.6 is 0 Å². The molecule has 1 saturated carbocycles. The van der Waals surface area contributed by atoms with Gasteiger partial charge in [-0.2, -0.15) is 9.50 Å². The zero-order chi connectivity index (χ0) is 20.8. The minimum atomic E-state index is 0.0323. The number of aromatic nitrogens is 3. The number of carbonyl (C=O) groups excluding carboxylic acids is 1. The van der Waals surface area contributed by atoms with Gasteiger partial charge in [-0.05, 0) is 68.5 Å². The maximum absolute atomic E-state index is 12.1. The van der Waals surface area contributed by atoms with Gasteiger partial charge in [0.15, 0.2) is 5.65 Å². The van der Waals surface area contributed by atoms with E-state index in [2.05, 4.69) is 64.2 Å². The van der Waals surface area contributed by atoms with E-state index in [9.17, 15) is 4.79 Å². The summed E-state index contributed by atoms with van der Waals surface area (Å²) in [7, 11) is 0. The van der Waals surface area contributed by atoms with Crippen LogP contribution in [0, 0.1) is 26.7 Å². The van der Waals surface area contributed by atoms with Crippen molar-refractivity contribution in [1.29, 1.82) is 0 Å². The van der Waals surface area contributed by atoms with E-state index in [0.717, 1.165) is 50.5 Å². The Labute approximate surface area is 176 Å². The Bertz CT molecular complexity index is 1110. The molecule has 156 valence electrons. The normalized spacial score (nSPS) is 16.9. The fourth-order valence-electron chi connectivity index (χ4n) is 4.20. The third kappa shape index (κ3) is 3.38. The molecule has 0 bridgehead atoms. The van der Waals surface area contributed by atoms with Crippen LogP contribution in [0.1, 0.15) is 29.5 Å². The summed E-state index contributed by atoms with van der Waals surface area (Å²) in [5.74, 6) is 1.58. The molecule has 0 spiro atoms. The van der Waals surface area contributed by atoms with Crippen molar-refractivity contribution < 1.29 is 4.79 Å². The van der Waals surface area contributed by atoms with E-state index in [4.69, 9.17) is 0 Å². The van der Waals surface area contributed by atoms with E-state index < -0.39 is 0 Å². The zero-order valence-corrected chi connectivity index (χ0v) is 17.9. The Morgan fingerprint density at radius 3 is 2.43 bits per heavy atom. The molecule has 0 atom stereocenters. The van der Waals surface area contributed by atoms with Gasteiger partial charge in [0.25, 0.3) is 0 Å². The van der Waals surface area contributed by atoms with Gasteiger partial charge in [-0.15, -0.1) is 5.10 Å². The number of nitrogens with one attached hydrogen (secondary N) is 1. The summed E-state index contributed by atoms with van der Waals surface area (Å²) < 4.78 is 1.85. The third-order valence-electron chi connectivity index (χ3n) is 6.50. The zero-order valence-electron chi connectivity index (χ0n) is 17.9. The van der Waals surface area contributed by atoms with Crippen LogP contribution in [0.4, 0.5) is 17.5 Å².